The molecule has 0 aliphatic carbocycles. The summed E-state index contributed by atoms with van der Waals surface area (Å²) in [5, 5.41) is 13.6. The lowest BCUT2D eigenvalue weighted by Gasteiger charge is -2.15. The van der Waals surface area contributed by atoms with Crippen LogP contribution in [0, 0.1) is 10.1 Å². The number of alkyl halides is 3. The normalized spacial score (nSPS) is 12.0. The minimum atomic E-state index is -4.75. The largest absolute Gasteiger partial charge is 0.465 e. The van der Waals surface area contributed by atoms with Gasteiger partial charge in [0, 0.05) is 6.07 Å². The second kappa shape index (κ2) is 8.59. The Morgan fingerprint density at radius 3 is 2.28 bits per heavy atom. The Morgan fingerprint density at radius 2 is 1.76 bits per heavy atom. The number of halogens is 3. The van der Waals surface area contributed by atoms with E-state index < -0.39 is 40.3 Å². The molecule has 0 spiro atoms. The van der Waals surface area contributed by atoms with E-state index >= 15 is 0 Å². The number of carbonyl (C=O) groups is 2. The molecule has 0 saturated heterocycles. The highest BCUT2D eigenvalue weighted by Crippen LogP contribution is 2.35. The fraction of sp³-hybridized carbons (Fsp3) is 0.222. The summed E-state index contributed by atoms with van der Waals surface area (Å²) in [6, 6.07) is 6.22. The summed E-state index contributed by atoms with van der Waals surface area (Å²) in [6.45, 7) is 1.33. The molecule has 0 radical (unpaired) electrons. The molecule has 0 fully saturated rings. The molecule has 29 heavy (non-hydrogen) atoms. The number of esters is 2. The van der Waals surface area contributed by atoms with Crippen molar-refractivity contribution < 1.29 is 37.2 Å². The SMILES string of the molecule is COC(=O)c1ccc(OC(=O)[C@H](C)Nc2ccc(C(F)(F)F)cc2[N+](=O)[O-])cc1. The van der Waals surface area contributed by atoms with E-state index in [-0.39, 0.29) is 17.0 Å². The highest BCUT2D eigenvalue weighted by atomic mass is 19.4. The van der Waals surface area contributed by atoms with Gasteiger partial charge in [-0.25, -0.2) is 9.59 Å². The summed E-state index contributed by atoms with van der Waals surface area (Å²) < 4.78 is 47.9. The number of nitrogens with zero attached hydrogens (tertiary/aromatic N) is 1. The molecule has 0 bridgehead atoms. The Hall–Kier alpha value is -3.63. The van der Waals surface area contributed by atoms with E-state index in [1.54, 1.807) is 0 Å². The van der Waals surface area contributed by atoms with E-state index in [2.05, 4.69) is 10.1 Å². The smallest absolute Gasteiger partial charge is 0.416 e. The maximum Gasteiger partial charge on any atom is 0.416 e. The van der Waals surface area contributed by atoms with Gasteiger partial charge in [0.25, 0.3) is 5.69 Å². The maximum atomic E-state index is 12.8. The van der Waals surface area contributed by atoms with Gasteiger partial charge < -0.3 is 14.8 Å². The van der Waals surface area contributed by atoms with Crippen LogP contribution in [0.1, 0.15) is 22.8 Å². The molecule has 2 rings (SSSR count). The zero-order valence-corrected chi connectivity index (χ0v) is 15.1. The first-order valence-electron chi connectivity index (χ1n) is 8.05. The van der Waals surface area contributed by atoms with Gasteiger partial charge in [-0.1, -0.05) is 0 Å². The topological polar surface area (TPSA) is 108 Å². The number of nitro groups is 1. The van der Waals surface area contributed by atoms with Gasteiger partial charge in [0.05, 0.1) is 23.2 Å². The van der Waals surface area contributed by atoms with Gasteiger partial charge in [0.2, 0.25) is 0 Å². The Bertz CT molecular complexity index is 928. The molecule has 0 aliphatic heterocycles. The molecule has 0 amide bonds. The van der Waals surface area contributed by atoms with Gasteiger partial charge >= 0.3 is 18.1 Å². The van der Waals surface area contributed by atoms with Gasteiger partial charge in [0.15, 0.2) is 0 Å². The highest BCUT2D eigenvalue weighted by Gasteiger charge is 2.33. The average Bonchev–Trinajstić information content (AvgIpc) is 2.67. The summed E-state index contributed by atoms with van der Waals surface area (Å²) in [5.74, 6) is -1.32. The van der Waals surface area contributed by atoms with E-state index in [0.717, 1.165) is 6.07 Å². The molecular weight excluding hydrogens is 397 g/mol. The van der Waals surface area contributed by atoms with Crippen LogP contribution < -0.4 is 10.1 Å². The number of benzene rings is 2. The Balaban J connectivity index is 2.13. The summed E-state index contributed by atoms with van der Waals surface area (Å²) in [4.78, 5) is 33.7. The van der Waals surface area contributed by atoms with Crippen LogP contribution in [0.4, 0.5) is 24.5 Å². The van der Waals surface area contributed by atoms with Crippen LogP contribution in [0.15, 0.2) is 42.5 Å². The molecule has 1 atom stereocenters. The van der Waals surface area contributed by atoms with E-state index in [4.69, 9.17) is 4.74 Å². The fourth-order valence-electron chi connectivity index (χ4n) is 2.25. The third-order valence-corrected chi connectivity index (χ3v) is 3.74. The third-order valence-electron chi connectivity index (χ3n) is 3.74. The van der Waals surface area contributed by atoms with Crippen molar-refractivity contribution in [2.24, 2.45) is 0 Å². The van der Waals surface area contributed by atoms with Gasteiger partial charge in [0.1, 0.15) is 17.5 Å². The number of anilines is 1. The molecule has 0 aliphatic rings. The third kappa shape index (κ3) is 5.43. The van der Waals surface area contributed by atoms with Crippen molar-refractivity contribution in [3.8, 4) is 5.75 Å². The van der Waals surface area contributed by atoms with Crippen molar-refractivity contribution in [2.75, 3.05) is 12.4 Å². The minimum absolute atomic E-state index is 0.0956. The molecular formula is C18H15F3N2O6. The van der Waals surface area contributed by atoms with Gasteiger partial charge in [-0.2, -0.15) is 13.2 Å². The Kier molecular flexibility index (Phi) is 6.42. The summed E-state index contributed by atoms with van der Waals surface area (Å²) in [6.07, 6.45) is -4.75. The predicted molar refractivity (Wildman–Crippen MR) is 94.6 cm³/mol. The minimum Gasteiger partial charge on any atom is -0.465 e. The summed E-state index contributed by atoms with van der Waals surface area (Å²) in [5.41, 5.74) is -2.05. The van der Waals surface area contributed by atoms with Crippen LogP contribution in [0.25, 0.3) is 0 Å². The monoisotopic (exact) mass is 412 g/mol. The van der Waals surface area contributed by atoms with Crippen molar-refractivity contribution in [3.05, 3.63) is 63.7 Å². The first kappa shape index (κ1) is 21.7. The van der Waals surface area contributed by atoms with Crippen molar-refractivity contribution in [1.29, 1.82) is 0 Å². The van der Waals surface area contributed by atoms with Gasteiger partial charge in [-0.05, 0) is 43.3 Å². The second-order valence-electron chi connectivity index (χ2n) is 5.79. The van der Waals surface area contributed by atoms with Crippen LogP contribution in [0.5, 0.6) is 5.75 Å². The molecule has 0 heterocycles. The predicted octanol–water partition coefficient (Wildman–Crippen LogP) is 3.81. The van der Waals surface area contributed by atoms with E-state index in [0.29, 0.717) is 12.1 Å². The van der Waals surface area contributed by atoms with Crippen molar-refractivity contribution in [2.45, 2.75) is 19.1 Å². The Labute approximate surface area is 162 Å². The zero-order valence-electron chi connectivity index (χ0n) is 15.1. The lowest BCUT2D eigenvalue weighted by Crippen LogP contribution is -2.30. The number of nitrogens with one attached hydrogen (secondary N) is 1. The number of nitro benzene ring substituents is 1. The van der Waals surface area contributed by atoms with Gasteiger partial charge in [-0.15, -0.1) is 0 Å². The fourth-order valence-corrected chi connectivity index (χ4v) is 2.25. The van der Waals surface area contributed by atoms with E-state index in [1.165, 1.54) is 38.3 Å². The number of carbonyl (C=O) groups excluding carboxylic acids is 2. The van der Waals surface area contributed by atoms with Gasteiger partial charge in [-0.3, -0.25) is 10.1 Å². The quantitative estimate of drug-likeness (QED) is 0.333. The molecule has 11 heteroatoms. The van der Waals surface area contributed by atoms with E-state index in [1.807, 2.05) is 0 Å². The lowest BCUT2D eigenvalue weighted by atomic mass is 10.1. The van der Waals surface area contributed by atoms with Crippen molar-refractivity contribution in [3.63, 3.8) is 0 Å². The lowest BCUT2D eigenvalue weighted by molar-refractivity contribution is -0.384. The van der Waals surface area contributed by atoms with Crippen LogP contribution in [-0.4, -0.2) is 30.0 Å². The molecule has 2 aromatic rings. The molecule has 1 N–H and O–H groups in total. The van der Waals surface area contributed by atoms with Crippen molar-refractivity contribution in [1.82, 2.24) is 0 Å². The van der Waals surface area contributed by atoms with Crippen LogP contribution in [-0.2, 0) is 15.7 Å². The molecule has 0 aromatic heterocycles. The molecule has 0 saturated carbocycles. The van der Waals surface area contributed by atoms with E-state index in [9.17, 15) is 32.9 Å². The molecule has 8 nitrogen and oxygen atoms in total. The first-order chi connectivity index (χ1) is 13.5. The zero-order chi connectivity index (χ0) is 21.8. The number of rotatable bonds is 6. The first-order valence-corrected chi connectivity index (χ1v) is 8.05. The number of hydrogen-bond acceptors (Lipinski definition) is 7. The average molecular weight is 412 g/mol. The molecule has 2 aromatic carbocycles. The number of methoxy groups -OCH3 is 1. The highest BCUT2D eigenvalue weighted by molar-refractivity contribution is 5.89. The second-order valence-corrected chi connectivity index (χ2v) is 5.79. The van der Waals surface area contributed by atoms with Crippen LogP contribution >= 0.6 is 0 Å². The maximum absolute atomic E-state index is 12.8. The summed E-state index contributed by atoms with van der Waals surface area (Å²) in [7, 11) is 1.21. The van der Waals surface area contributed by atoms with Crippen LogP contribution in [0.3, 0.4) is 0 Å². The summed E-state index contributed by atoms with van der Waals surface area (Å²) >= 11 is 0. The molecule has 154 valence electrons. The number of hydrogen-bond donors (Lipinski definition) is 1. The Morgan fingerprint density at radius 1 is 1.14 bits per heavy atom. The molecule has 0 unspecified atom stereocenters. The number of ether oxygens (including phenoxy) is 2. The standard InChI is InChI=1S/C18H15F3N2O6/c1-10(16(24)29-13-6-3-11(4-7-13)17(25)28-2)22-14-8-5-12(18(19,20)21)9-15(14)23(26)27/h3-10,22H,1-2H3/t10-/m0/s1. The van der Waals surface area contributed by atoms with Crippen molar-refractivity contribution >= 4 is 23.3 Å². The van der Waals surface area contributed by atoms with Crippen LogP contribution in [0.2, 0.25) is 0 Å².